The van der Waals surface area contributed by atoms with E-state index < -0.39 is 0 Å². The van der Waals surface area contributed by atoms with Crippen LogP contribution in [-0.2, 0) is 6.54 Å². The third-order valence-corrected chi connectivity index (χ3v) is 4.61. The summed E-state index contributed by atoms with van der Waals surface area (Å²) in [7, 11) is 0. The molecule has 0 radical (unpaired) electrons. The van der Waals surface area contributed by atoms with Crippen LogP contribution in [0.5, 0.6) is 0 Å². The first kappa shape index (κ1) is 18.4. The first-order chi connectivity index (χ1) is 12.2. The summed E-state index contributed by atoms with van der Waals surface area (Å²) in [6, 6.07) is 11.8. The molecule has 2 aromatic heterocycles. The van der Waals surface area contributed by atoms with Crippen LogP contribution < -0.4 is 10.6 Å². The van der Waals surface area contributed by atoms with Gasteiger partial charge in [0.05, 0.1) is 0 Å². The van der Waals surface area contributed by atoms with E-state index >= 15 is 0 Å². The molecule has 1 aliphatic rings. The van der Waals surface area contributed by atoms with Crippen LogP contribution >= 0.6 is 12.4 Å². The Bertz CT molecular complexity index is 864. The number of nitrogens with two attached hydrogens (primary N) is 1. The molecule has 4 rings (SSSR count). The van der Waals surface area contributed by atoms with E-state index in [0.29, 0.717) is 24.2 Å². The number of halogens is 1. The van der Waals surface area contributed by atoms with E-state index in [1.807, 2.05) is 36.4 Å². The Balaban J connectivity index is 0.00000196. The minimum Gasteiger partial charge on any atom is -0.356 e. The topological polar surface area (TPSA) is 81.1 Å². The molecule has 0 bridgehead atoms. The van der Waals surface area contributed by atoms with Gasteiger partial charge in [0.25, 0.3) is 5.89 Å². The Hall–Kier alpha value is -2.44. The Labute approximate surface area is 158 Å². The van der Waals surface area contributed by atoms with Crippen molar-refractivity contribution >= 4 is 18.2 Å². The first-order valence-electron chi connectivity index (χ1n) is 8.57. The number of aromatic nitrogens is 3. The van der Waals surface area contributed by atoms with Crippen LogP contribution in [0.4, 0.5) is 5.82 Å². The molecule has 1 saturated heterocycles. The van der Waals surface area contributed by atoms with Crippen LogP contribution in [0.3, 0.4) is 0 Å². The normalized spacial score (nSPS) is 16.5. The Morgan fingerprint density at radius 2 is 2.00 bits per heavy atom. The molecule has 7 heteroatoms. The molecule has 3 heterocycles. The van der Waals surface area contributed by atoms with Gasteiger partial charge in [-0.3, -0.25) is 0 Å². The molecule has 0 aliphatic carbocycles. The molecule has 1 aromatic carbocycles. The van der Waals surface area contributed by atoms with Crippen LogP contribution in [0.1, 0.15) is 18.9 Å². The molecule has 26 heavy (non-hydrogen) atoms. The van der Waals surface area contributed by atoms with E-state index in [0.717, 1.165) is 35.6 Å². The summed E-state index contributed by atoms with van der Waals surface area (Å²) >= 11 is 0. The minimum absolute atomic E-state index is 0. The van der Waals surface area contributed by atoms with E-state index in [4.69, 9.17) is 10.3 Å². The maximum Gasteiger partial charge on any atom is 0.258 e. The van der Waals surface area contributed by atoms with Gasteiger partial charge in [0.1, 0.15) is 5.82 Å². The van der Waals surface area contributed by atoms with E-state index in [1.165, 1.54) is 6.42 Å². The third-order valence-electron chi connectivity index (χ3n) is 4.61. The van der Waals surface area contributed by atoms with Crippen molar-refractivity contribution in [3.05, 3.63) is 48.2 Å². The number of anilines is 1. The zero-order valence-corrected chi connectivity index (χ0v) is 15.4. The highest BCUT2D eigenvalue weighted by Crippen LogP contribution is 2.27. The number of pyridine rings is 1. The maximum absolute atomic E-state index is 5.63. The summed E-state index contributed by atoms with van der Waals surface area (Å²) in [4.78, 5) is 11.3. The lowest BCUT2D eigenvalue weighted by Gasteiger charge is -2.16. The predicted octanol–water partition coefficient (Wildman–Crippen LogP) is 3.53. The Kier molecular flexibility index (Phi) is 5.54. The van der Waals surface area contributed by atoms with Crippen molar-refractivity contribution in [1.82, 2.24) is 15.1 Å². The van der Waals surface area contributed by atoms with Gasteiger partial charge in [-0.05, 0) is 30.0 Å². The minimum atomic E-state index is 0. The average molecular weight is 372 g/mol. The van der Waals surface area contributed by atoms with Gasteiger partial charge < -0.3 is 15.2 Å². The molecular formula is C19H22ClN5O. The molecule has 0 spiro atoms. The van der Waals surface area contributed by atoms with Gasteiger partial charge in [-0.1, -0.05) is 36.3 Å². The molecule has 6 nitrogen and oxygen atoms in total. The highest BCUT2D eigenvalue weighted by atomic mass is 35.5. The average Bonchev–Trinajstić information content (AvgIpc) is 3.31. The van der Waals surface area contributed by atoms with Gasteiger partial charge in [-0.15, -0.1) is 12.4 Å². The predicted molar refractivity (Wildman–Crippen MR) is 104 cm³/mol. The largest absolute Gasteiger partial charge is 0.356 e. The SMILES string of the molecule is CC1CCN(c2cc(-c3nc(-c4ccc(CN)cc4)no3)ccn2)C1.Cl. The molecule has 3 aromatic rings. The number of hydrogen-bond acceptors (Lipinski definition) is 6. The van der Waals surface area contributed by atoms with Gasteiger partial charge in [0.2, 0.25) is 5.82 Å². The molecule has 0 amide bonds. The van der Waals surface area contributed by atoms with Crippen molar-refractivity contribution in [3.8, 4) is 22.8 Å². The van der Waals surface area contributed by atoms with Gasteiger partial charge in [-0.2, -0.15) is 4.98 Å². The summed E-state index contributed by atoms with van der Waals surface area (Å²) in [6.45, 7) is 4.87. The number of hydrogen-bond donors (Lipinski definition) is 1. The van der Waals surface area contributed by atoms with Gasteiger partial charge >= 0.3 is 0 Å². The van der Waals surface area contributed by atoms with Crippen LogP contribution in [-0.4, -0.2) is 28.2 Å². The second-order valence-electron chi connectivity index (χ2n) is 6.57. The molecule has 1 aliphatic heterocycles. The standard InChI is InChI=1S/C19H21N5O.ClH/c1-13-7-9-24(12-13)17-10-16(6-8-21-17)19-22-18(23-25-19)15-4-2-14(11-20)3-5-15;/h2-6,8,10,13H,7,9,11-12,20H2,1H3;1H. The second kappa shape index (κ2) is 7.85. The zero-order chi connectivity index (χ0) is 17.2. The van der Waals surface area contributed by atoms with Gasteiger partial charge in [0.15, 0.2) is 0 Å². The Morgan fingerprint density at radius 1 is 1.19 bits per heavy atom. The zero-order valence-electron chi connectivity index (χ0n) is 14.6. The van der Waals surface area contributed by atoms with Crippen molar-refractivity contribution in [2.45, 2.75) is 19.9 Å². The summed E-state index contributed by atoms with van der Waals surface area (Å²) in [5.41, 5.74) is 8.51. The molecule has 136 valence electrons. The number of benzene rings is 1. The third kappa shape index (κ3) is 3.71. The van der Waals surface area contributed by atoms with E-state index in [-0.39, 0.29) is 12.4 Å². The van der Waals surface area contributed by atoms with Gasteiger partial charge in [-0.25, -0.2) is 4.98 Å². The molecule has 0 saturated carbocycles. The fourth-order valence-electron chi connectivity index (χ4n) is 3.12. The highest BCUT2D eigenvalue weighted by Gasteiger charge is 2.20. The van der Waals surface area contributed by atoms with Crippen LogP contribution in [0.2, 0.25) is 0 Å². The summed E-state index contributed by atoms with van der Waals surface area (Å²) in [5.74, 6) is 2.76. The van der Waals surface area contributed by atoms with Crippen LogP contribution in [0.15, 0.2) is 47.1 Å². The van der Waals surface area contributed by atoms with E-state index in [1.54, 1.807) is 6.20 Å². The van der Waals surface area contributed by atoms with E-state index in [2.05, 4.69) is 26.9 Å². The molecular weight excluding hydrogens is 350 g/mol. The molecule has 1 unspecified atom stereocenters. The quantitative estimate of drug-likeness (QED) is 0.755. The van der Waals surface area contributed by atoms with Crippen molar-refractivity contribution in [1.29, 1.82) is 0 Å². The van der Waals surface area contributed by atoms with Gasteiger partial charge in [0, 0.05) is 37.0 Å². The van der Waals surface area contributed by atoms with Crippen LogP contribution in [0, 0.1) is 5.92 Å². The second-order valence-corrected chi connectivity index (χ2v) is 6.57. The van der Waals surface area contributed by atoms with Crippen molar-refractivity contribution in [3.63, 3.8) is 0 Å². The Morgan fingerprint density at radius 3 is 2.69 bits per heavy atom. The van der Waals surface area contributed by atoms with Crippen molar-refractivity contribution in [2.24, 2.45) is 11.7 Å². The van der Waals surface area contributed by atoms with Crippen molar-refractivity contribution < 1.29 is 4.52 Å². The first-order valence-corrected chi connectivity index (χ1v) is 8.57. The lowest BCUT2D eigenvalue weighted by Crippen LogP contribution is -2.20. The molecule has 1 fully saturated rings. The smallest absolute Gasteiger partial charge is 0.258 e. The molecule has 1 atom stereocenters. The number of nitrogens with zero attached hydrogens (tertiary/aromatic N) is 4. The van der Waals surface area contributed by atoms with Crippen LogP contribution in [0.25, 0.3) is 22.8 Å². The van der Waals surface area contributed by atoms with E-state index in [9.17, 15) is 0 Å². The summed E-state index contributed by atoms with van der Waals surface area (Å²) < 4.78 is 5.47. The summed E-state index contributed by atoms with van der Waals surface area (Å²) in [5, 5.41) is 4.11. The lowest BCUT2D eigenvalue weighted by molar-refractivity contribution is 0.432. The fraction of sp³-hybridized carbons (Fsp3) is 0.316. The number of rotatable bonds is 4. The maximum atomic E-state index is 5.63. The van der Waals surface area contributed by atoms with Crippen molar-refractivity contribution in [2.75, 3.05) is 18.0 Å². The fourth-order valence-corrected chi connectivity index (χ4v) is 3.12. The lowest BCUT2D eigenvalue weighted by atomic mass is 10.1. The molecule has 2 N–H and O–H groups in total. The highest BCUT2D eigenvalue weighted by molar-refractivity contribution is 5.85. The monoisotopic (exact) mass is 371 g/mol. The summed E-state index contributed by atoms with van der Waals surface area (Å²) in [6.07, 6.45) is 3.00.